The lowest BCUT2D eigenvalue weighted by Gasteiger charge is -1.98. The summed E-state index contributed by atoms with van der Waals surface area (Å²) in [5.74, 6) is 0.630. The van der Waals surface area contributed by atoms with Crippen LogP contribution >= 0.6 is 11.6 Å². The van der Waals surface area contributed by atoms with Crippen LogP contribution < -0.4 is 0 Å². The summed E-state index contributed by atoms with van der Waals surface area (Å²) in [5, 5.41) is 0. The number of rotatable bonds is 3. The van der Waals surface area contributed by atoms with Crippen molar-refractivity contribution in [3.63, 3.8) is 0 Å². The zero-order valence-electron chi connectivity index (χ0n) is 7.26. The summed E-state index contributed by atoms with van der Waals surface area (Å²) in [7, 11) is 0. The predicted molar refractivity (Wildman–Crippen MR) is 55.4 cm³/mol. The Hall–Kier alpha value is -0.750. The molecule has 1 rings (SSSR count). The van der Waals surface area contributed by atoms with Crippen LogP contribution in [0.1, 0.15) is 18.9 Å². The van der Waals surface area contributed by atoms with E-state index >= 15 is 0 Å². The molecule has 0 nitrogen and oxygen atoms in total. The highest BCUT2D eigenvalue weighted by Crippen LogP contribution is 2.10. The van der Waals surface area contributed by atoms with Crippen molar-refractivity contribution in [2.24, 2.45) is 0 Å². The normalized spacial score (nSPS) is 11.7. The van der Waals surface area contributed by atoms with Crippen molar-refractivity contribution in [3.05, 3.63) is 41.5 Å². The maximum Gasteiger partial charge on any atom is 0.0436 e. The van der Waals surface area contributed by atoms with Crippen LogP contribution in [0.5, 0.6) is 0 Å². The minimum atomic E-state index is 0.630. The third-order valence-corrected chi connectivity index (χ3v) is 2.14. The van der Waals surface area contributed by atoms with Crippen LogP contribution in [-0.2, 0) is 0 Å². The average Bonchev–Trinajstić information content (AvgIpc) is 2.16. The van der Waals surface area contributed by atoms with Crippen LogP contribution in [0.25, 0.3) is 6.08 Å². The van der Waals surface area contributed by atoms with Gasteiger partial charge in [-0.2, -0.15) is 0 Å². The van der Waals surface area contributed by atoms with Crippen LogP contribution in [0.2, 0.25) is 0 Å². The van der Waals surface area contributed by atoms with Gasteiger partial charge in [0.15, 0.2) is 0 Å². The maximum atomic E-state index is 5.75. The number of alkyl halides is 1. The highest BCUT2D eigenvalue weighted by Gasteiger charge is 1.91. The molecule has 0 aliphatic rings. The Kier molecular flexibility index (Phi) is 3.89. The molecular formula is C11H13Cl. The van der Waals surface area contributed by atoms with Crippen LogP contribution in [0.15, 0.2) is 35.9 Å². The first-order valence-electron chi connectivity index (χ1n) is 4.17. The Morgan fingerprint density at radius 3 is 2.50 bits per heavy atom. The van der Waals surface area contributed by atoms with Crippen LogP contribution in [-0.4, -0.2) is 5.88 Å². The Bertz CT molecular complexity index is 243. The summed E-state index contributed by atoms with van der Waals surface area (Å²) in [5.41, 5.74) is 2.51. The van der Waals surface area contributed by atoms with E-state index in [1.54, 1.807) is 0 Å². The molecule has 0 saturated carbocycles. The van der Waals surface area contributed by atoms with E-state index < -0.39 is 0 Å². The van der Waals surface area contributed by atoms with Crippen molar-refractivity contribution < 1.29 is 0 Å². The molecule has 0 aromatic heterocycles. The number of benzene rings is 1. The standard InChI is InChI=1S/C11H13Cl/c1-2-10(9-12)8-11-6-4-3-5-7-11/h3-8H,2,9H2,1H3. The van der Waals surface area contributed by atoms with Crippen molar-refractivity contribution in [3.8, 4) is 0 Å². The van der Waals surface area contributed by atoms with Crippen molar-refractivity contribution in [1.29, 1.82) is 0 Å². The minimum absolute atomic E-state index is 0.630. The van der Waals surface area contributed by atoms with Gasteiger partial charge in [-0.05, 0) is 12.0 Å². The summed E-state index contributed by atoms with van der Waals surface area (Å²) in [4.78, 5) is 0. The predicted octanol–water partition coefficient (Wildman–Crippen LogP) is 3.72. The van der Waals surface area contributed by atoms with Crippen molar-refractivity contribution in [2.75, 3.05) is 5.88 Å². The molecule has 0 unspecified atom stereocenters. The number of halogens is 1. The van der Waals surface area contributed by atoms with Gasteiger partial charge in [0.25, 0.3) is 0 Å². The quantitative estimate of drug-likeness (QED) is 0.622. The molecule has 0 spiro atoms. The molecular weight excluding hydrogens is 168 g/mol. The second-order valence-corrected chi connectivity index (χ2v) is 2.97. The molecule has 0 amide bonds. The molecule has 0 saturated heterocycles. The van der Waals surface area contributed by atoms with Gasteiger partial charge in [0.2, 0.25) is 0 Å². The average molecular weight is 181 g/mol. The van der Waals surface area contributed by atoms with Gasteiger partial charge in [-0.25, -0.2) is 0 Å². The van der Waals surface area contributed by atoms with E-state index in [1.807, 2.05) is 18.2 Å². The topological polar surface area (TPSA) is 0 Å². The fourth-order valence-electron chi connectivity index (χ4n) is 1.02. The van der Waals surface area contributed by atoms with Gasteiger partial charge in [-0.15, -0.1) is 11.6 Å². The van der Waals surface area contributed by atoms with Crippen LogP contribution in [0.3, 0.4) is 0 Å². The second kappa shape index (κ2) is 5.00. The molecule has 0 atom stereocenters. The number of hydrogen-bond donors (Lipinski definition) is 0. The van der Waals surface area contributed by atoms with Crippen molar-refractivity contribution >= 4 is 17.7 Å². The Balaban J connectivity index is 2.79. The molecule has 1 aromatic rings. The first-order chi connectivity index (χ1) is 5.86. The second-order valence-electron chi connectivity index (χ2n) is 2.70. The summed E-state index contributed by atoms with van der Waals surface area (Å²) in [6.07, 6.45) is 3.17. The van der Waals surface area contributed by atoms with Gasteiger partial charge < -0.3 is 0 Å². The molecule has 0 aliphatic heterocycles. The third-order valence-electron chi connectivity index (χ3n) is 1.80. The van der Waals surface area contributed by atoms with Gasteiger partial charge >= 0.3 is 0 Å². The van der Waals surface area contributed by atoms with E-state index in [2.05, 4.69) is 25.1 Å². The van der Waals surface area contributed by atoms with E-state index in [-0.39, 0.29) is 0 Å². The molecule has 0 aliphatic carbocycles. The van der Waals surface area contributed by atoms with Gasteiger partial charge in [0, 0.05) is 5.88 Å². The zero-order valence-corrected chi connectivity index (χ0v) is 8.01. The number of hydrogen-bond acceptors (Lipinski definition) is 0. The van der Waals surface area contributed by atoms with Gasteiger partial charge in [-0.1, -0.05) is 48.9 Å². The molecule has 0 bridgehead atoms. The molecule has 0 radical (unpaired) electrons. The molecule has 0 N–H and O–H groups in total. The summed E-state index contributed by atoms with van der Waals surface area (Å²) in [6.45, 7) is 2.12. The Morgan fingerprint density at radius 1 is 1.33 bits per heavy atom. The van der Waals surface area contributed by atoms with Crippen molar-refractivity contribution in [2.45, 2.75) is 13.3 Å². The Morgan fingerprint density at radius 2 is 2.00 bits per heavy atom. The summed E-state index contributed by atoms with van der Waals surface area (Å²) in [6, 6.07) is 10.3. The third kappa shape index (κ3) is 2.71. The monoisotopic (exact) mass is 180 g/mol. The van der Waals surface area contributed by atoms with Crippen LogP contribution in [0, 0.1) is 0 Å². The molecule has 12 heavy (non-hydrogen) atoms. The summed E-state index contributed by atoms with van der Waals surface area (Å²) < 4.78 is 0. The Labute approximate surface area is 78.9 Å². The molecule has 1 heteroatoms. The fourth-order valence-corrected chi connectivity index (χ4v) is 1.29. The zero-order chi connectivity index (χ0) is 8.81. The summed E-state index contributed by atoms with van der Waals surface area (Å²) >= 11 is 5.75. The largest absolute Gasteiger partial charge is 0.122 e. The van der Waals surface area contributed by atoms with E-state index in [0.717, 1.165) is 6.42 Å². The molecule has 1 aromatic carbocycles. The van der Waals surface area contributed by atoms with Gasteiger partial charge in [-0.3, -0.25) is 0 Å². The lowest BCUT2D eigenvalue weighted by Crippen LogP contribution is -1.81. The first-order valence-corrected chi connectivity index (χ1v) is 4.70. The fraction of sp³-hybridized carbons (Fsp3) is 0.273. The smallest absolute Gasteiger partial charge is 0.0436 e. The van der Waals surface area contributed by atoms with E-state index in [1.165, 1.54) is 11.1 Å². The molecule has 0 heterocycles. The SMILES string of the molecule is CCC(=Cc1ccccc1)CCl. The highest BCUT2D eigenvalue weighted by molar-refractivity contribution is 6.19. The van der Waals surface area contributed by atoms with Crippen LogP contribution in [0.4, 0.5) is 0 Å². The van der Waals surface area contributed by atoms with Gasteiger partial charge in [0.05, 0.1) is 0 Å². The maximum absolute atomic E-state index is 5.75. The lowest BCUT2D eigenvalue weighted by atomic mass is 10.1. The van der Waals surface area contributed by atoms with Crippen molar-refractivity contribution in [1.82, 2.24) is 0 Å². The molecule has 64 valence electrons. The van der Waals surface area contributed by atoms with E-state index in [0.29, 0.717) is 5.88 Å². The van der Waals surface area contributed by atoms with E-state index in [4.69, 9.17) is 11.6 Å². The highest BCUT2D eigenvalue weighted by atomic mass is 35.5. The van der Waals surface area contributed by atoms with Gasteiger partial charge in [0.1, 0.15) is 0 Å². The number of allylic oxidation sites excluding steroid dienone is 1. The lowest BCUT2D eigenvalue weighted by molar-refractivity contribution is 1.12. The first kappa shape index (κ1) is 9.34. The minimum Gasteiger partial charge on any atom is -0.122 e. The van der Waals surface area contributed by atoms with E-state index in [9.17, 15) is 0 Å². The molecule has 0 fully saturated rings.